The van der Waals surface area contributed by atoms with E-state index in [0.717, 1.165) is 56.8 Å². The molecule has 2 aromatic heterocycles. The second kappa shape index (κ2) is 6.92. The Labute approximate surface area is 148 Å². The maximum atomic E-state index is 5.93. The highest BCUT2D eigenvalue weighted by Gasteiger charge is 2.26. The van der Waals surface area contributed by atoms with Gasteiger partial charge in [-0.15, -0.1) is 0 Å². The van der Waals surface area contributed by atoms with Gasteiger partial charge in [0.1, 0.15) is 18.2 Å². The van der Waals surface area contributed by atoms with Gasteiger partial charge in [-0.1, -0.05) is 0 Å². The van der Waals surface area contributed by atoms with Crippen LogP contribution in [0.2, 0.25) is 0 Å². The van der Waals surface area contributed by atoms with Crippen LogP contribution in [-0.2, 0) is 13.0 Å². The van der Waals surface area contributed by atoms with Gasteiger partial charge < -0.3 is 14.5 Å². The lowest BCUT2D eigenvalue weighted by molar-refractivity contribution is 0.156. The Morgan fingerprint density at radius 3 is 2.56 bits per heavy atom. The van der Waals surface area contributed by atoms with Gasteiger partial charge in [-0.05, 0) is 19.5 Å². The number of aryl methyl sites for hydroxylation is 1. The summed E-state index contributed by atoms with van der Waals surface area (Å²) in [5, 5.41) is 0. The molecule has 1 fully saturated rings. The van der Waals surface area contributed by atoms with Gasteiger partial charge in [-0.25, -0.2) is 19.9 Å². The number of rotatable bonds is 3. The number of ether oxygens (including phenoxy) is 1. The fourth-order valence-corrected chi connectivity index (χ4v) is 3.51. The smallest absolute Gasteiger partial charge is 0.316 e. The van der Waals surface area contributed by atoms with Crippen LogP contribution in [0.4, 0.5) is 5.82 Å². The predicted molar refractivity (Wildman–Crippen MR) is 94.7 cm³/mol. The van der Waals surface area contributed by atoms with Crippen molar-refractivity contribution in [3.05, 3.63) is 35.5 Å². The molecule has 0 radical (unpaired) electrons. The first-order valence-electron chi connectivity index (χ1n) is 8.90. The molecule has 0 saturated carbocycles. The Morgan fingerprint density at radius 2 is 1.80 bits per heavy atom. The third kappa shape index (κ3) is 3.56. The monoisotopic (exact) mass is 340 g/mol. The normalized spacial score (nSPS) is 18.9. The minimum Gasteiger partial charge on any atom is -0.460 e. The first-order valence-corrected chi connectivity index (χ1v) is 8.90. The van der Waals surface area contributed by atoms with E-state index in [1.54, 1.807) is 18.7 Å². The van der Waals surface area contributed by atoms with Crippen molar-refractivity contribution < 1.29 is 4.74 Å². The Bertz CT molecular complexity index is 727. The fraction of sp³-hybridized carbons (Fsp3) is 0.556. The fourth-order valence-electron chi connectivity index (χ4n) is 3.51. The van der Waals surface area contributed by atoms with Crippen LogP contribution in [0.15, 0.2) is 18.7 Å². The van der Waals surface area contributed by atoms with Gasteiger partial charge in [-0.3, -0.25) is 0 Å². The molecule has 0 unspecified atom stereocenters. The molecule has 25 heavy (non-hydrogen) atoms. The number of anilines is 1. The summed E-state index contributed by atoms with van der Waals surface area (Å²) < 4.78 is 5.93. The van der Waals surface area contributed by atoms with E-state index in [2.05, 4.69) is 36.8 Å². The molecular weight excluding hydrogens is 316 g/mol. The highest BCUT2D eigenvalue weighted by atomic mass is 16.5. The van der Waals surface area contributed by atoms with Crippen molar-refractivity contribution in [1.82, 2.24) is 24.8 Å². The van der Waals surface area contributed by atoms with Gasteiger partial charge in [-0.2, -0.15) is 0 Å². The van der Waals surface area contributed by atoms with Crippen molar-refractivity contribution in [2.75, 3.05) is 31.6 Å². The number of hydrogen-bond donors (Lipinski definition) is 0. The summed E-state index contributed by atoms with van der Waals surface area (Å²) in [6, 6.07) is 0.477. The van der Waals surface area contributed by atoms with Crippen LogP contribution in [-0.4, -0.2) is 57.6 Å². The minimum absolute atomic E-state index is 0.166. The summed E-state index contributed by atoms with van der Waals surface area (Å²) >= 11 is 0. The first kappa shape index (κ1) is 16.2. The molecule has 0 spiro atoms. The lowest BCUT2D eigenvalue weighted by Gasteiger charge is -2.35. The van der Waals surface area contributed by atoms with Crippen LogP contribution in [0.1, 0.15) is 29.7 Å². The first-order chi connectivity index (χ1) is 12.2. The number of fused-ring (bicyclic) bond motifs is 1. The molecule has 2 aliphatic rings. The lowest BCUT2D eigenvalue weighted by Crippen LogP contribution is -2.40. The van der Waals surface area contributed by atoms with Crippen LogP contribution in [0.25, 0.3) is 0 Å². The zero-order valence-corrected chi connectivity index (χ0v) is 14.9. The largest absolute Gasteiger partial charge is 0.460 e. The molecule has 0 atom stereocenters. The van der Waals surface area contributed by atoms with Crippen LogP contribution in [0.3, 0.4) is 0 Å². The van der Waals surface area contributed by atoms with Crippen LogP contribution in [0.5, 0.6) is 6.01 Å². The van der Waals surface area contributed by atoms with Gasteiger partial charge in [0, 0.05) is 63.4 Å². The number of aromatic nitrogens is 4. The average molecular weight is 340 g/mol. The van der Waals surface area contributed by atoms with E-state index >= 15 is 0 Å². The molecule has 4 heterocycles. The Hall–Kier alpha value is -2.28. The van der Waals surface area contributed by atoms with E-state index in [4.69, 9.17) is 4.74 Å². The van der Waals surface area contributed by atoms with E-state index in [1.807, 2.05) is 6.92 Å². The second-order valence-corrected chi connectivity index (χ2v) is 6.96. The molecule has 2 aliphatic heterocycles. The van der Waals surface area contributed by atoms with Gasteiger partial charge in [0.05, 0.1) is 5.69 Å². The molecule has 0 aliphatic carbocycles. The maximum Gasteiger partial charge on any atom is 0.316 e. The average Bonchev–Trinajstić information content (AvgIpc) is 2.64. The van der Waals surface area contributed by atoms with Crippen molar-refractivity contribution in [3.8, 4) is 6.01 Å². The molecule has 1 saturated heterocycles. The molecule has 0 amide bonds. The van der Waals surface area contributed by atoms with Gasteiger partial charge in [0.15, 0.2) is 0 Å². The molecule has 132 valence electrons. The third-order valence-corrected chi connectivity index (χ3v) is 4.94. The summed E-state index contributed by atoms with van der Waals surface area (Å²) in [5.41, 5.74) is 3.53. The van der Waals surface area contributed by atoms with E-state index in [0.29, 0.717) is 6.01 Å². The standard InChI is InChI=1S/C18H24N6O/c1-13-9-19-18(20-10-13)25-14-3-7-24(8-4-14)17-15-11-23(2)6-5-16(15)21-12-22-17/h9-10,12,14H,3-8,11H2,1-2H3. The van der Waals surface area contributed by atoms with Gasteiger partial charge in [0.25, 0.3) is 0 Å². The van der Waals surface area contributed by atoms with Crippen molar-refractivity contribution in [2.24, 2.45) is 0 Å². The molecule has 0 aromatic carbocycles. The Morgan fingerprint density at radius 1 is 1.04 bits per heavy atom. The summed E-state index contributed by atoms with van der Waals surface area (Å²) in [5.74, 6) is 1.10. The highest BCUT2D eigenvalue weighted by molar-refractivity contribution is 5.49. The molecule has 7 heteroatoms. The van der Waals surface area contributed by atoms with Crippen LogP contribution >= 0.6 is 0 Å². The predicted octanol–water partition coefficient (Wildman–Crippen LogP) is 1.61. The molecule has 7 nitrogen and oxygen atoms in total. The topological polar surface area (TPSA) is 67.3 Å². The minimum atomic E-state index is 0.166. The third-order valence-electron chi connectivity index (χ3n) is 4.94. The summed E-state index contributed by atoms with van der Waals surface area (Å²) in [7, 11) is 2.15. The molecular formula is C18H24N6O. The van der Waals surface area contributed by atoms with Crippen LogP contribution in [0, 0.1) is 6.92 Å². The molecule has 2 aromatic rings. The molecule has 0 N–H and O–H groups in total. The van der Waals surface area contributed by atoms with E-state index in [-0.39, 0.29) is 6.10 Å². The SMILES string of the molecule is Cc1cnc(OC2CCN(c3ncnc4c3CN(C)CC4)CC2)nc1. The summed E-state index contributed by atoms with van der Waals surface area (Å²) in [6.45, 7) is 5.84. The number of piperidine rings is 1. The quantitative estimate of drug-likeness (QED) is 0.841. The van der Waals surface area contributed by atoms with E-state index in [9.17, 15) is 0 Å². The second-order valence-electron chi connectivity index (χ2n) is 6.96. The van der Waals surface area contributed by atoms with Gasteiger partial charge >= 0.3 is 6.01 Å². The van der Waals surface area contributed by atoms with Crippen LogP contribution < -0.4 is 9.64 Å². The Balaban J connectivity index is 1.41. The summed E-state index contributed by atoms with van der Waals surface area (Å²) in [4.78, 5) is 22.3. The van der Waals surface area contributed by atoms with Gasteiger partial charge in [0.2, 0.25) is 0 Å². The van der Waals surface area contributed by atoms with Crippen molar-refractivity contribution in [1.29, 1.82) is 0 Å². The van der Waals surface area contributed by atoms with Crippen molar-refractivity contribution in [3.63, 3.8) is 0 Å². The number of nitrogens with zero attached hydrogens (tertiary/aromatic N) is 6. The number of likely N-dealkylation sites (N-methyl/N-ethyl adjacent to an activating group) is 1. The van der Waals surface area contributed by atoms with Crippen molar-refractivity contribution >= 4 is 5.82 Å². The molecule has 4 rings (SSSR count). The zero-order valence-electron chi connectivity index (χ0n) is 14.9. The lowest BCUT2D eigenvalue weighted by atomic mass is 10.0. The Kier molecular flexibility index (Phi) is 4.48. The molecule has 0 bridgehead atoms. The van der Waals surface area contributed by atoms with Crippen molar-refractivity contribution in [2.45, 2.75) is 38.8 Å². The summed E-state index contributed by atoms with van der Waals surface area (Å²) in [6.07, 6.45) is 8.37. The van der Waals surface area contributed by atoms with E-state index in [1.165, 1.54) is 11.3 Å². The zero-order chi connectivity index (χ0) is 17.2. The highest BCUT2D eigenvalue weighted by Crippen LogP contribution is 2.28. The van der Waals surface area contributed by atoms with E-state index < -0.39 is 0 Å². The number of hydrogen-bond acceptors (Lipinski definition) is 7. The maximum absolute atomic E-state index is 5.93.